The van der Waals surface area contributed by atoms with Gasteiger partial charge in [0.25, 0.3) is 0 Å². The monoisotopic (exact) mass is 226 g/mol. The predicted molar refractivity (Wildman–Crippen MR) is 59.1 cm³/mol. The number of carbonyl (C=O) groups is 1. The van der Waals surface area contributed by atoms with Crippen LogP contribution in [0.25, 0.3) is 0 Å². The summed E-state index contributed by atoms with van der Waals surface area (Å²) in [5.74, 6) is -0.467. The van der Waals surface area contributed by atoms with E-state index in [0.29, 0.717) is 5.02 Å². The average Bonchev–Trinajstić information content (AvgIpc) is 2.19. The van der Waals surface area contributed by atoms with Crippen LogP contribution in [0.15, 0.2) is 29.4 Å². The standard InChI is InChI=1S/C9H11ClN4O/c10-7-3-1-6(2-4-7)5-8(15)13-14-9(11)12/h1-4H,5H2,(H,13,15)(H4,11,12,14). The van der Waals surface area contributed by atoms with Crippen LogP contribution in [0.5, 0.6) is 0 Å². The number of nitrogens with zero attached hydrogens (tertiary/aromatic N) is 1. The van der Waals surface area contributed by atoms with Crippen molar-refractivity contribution in [3.8, 4) is 0 Å². The lowest BCUT2D eigenvalue weighted by Crippen LogP contribution is -2.29. The number of halogens is 1. The summed E-state index contributed by atoms with van der Waals surface area (Å²) in [4.78, 5) is 11.2. The van der Waals surface area contributed by atoms with Crippen LogP contribution in [0.4, 0.5) is 0 Å². The summed E-state index contributed by atoms with van der Waals surface area (Å²) in [6.07, 6.45) is 0.202. The first kappa shape index (κ1) is 11.3. The maximum Gasteiger partial charge on any atom is 0.244 e. The summed E-state index contributed by atoms with van der Waals surface area (Å²) in [5, 5.41) is 4.01. The lowest BCUT2D eigenvalue weighted by atomic mass is 10.1. The third-order valence-electron chi connectivity index (χ3n) is 1.59. The fourth-order valence-corrected chi connectivity index (χ4v) is 1.08. The van der Waals surface area contributed by atoms with Crippen LogP contribution in [0.1, 0.15) is 5.56 Å². The zero-order valence-electron chi connectivity index (χ0n) is 7.90. The van der Waals surface area contributed by atoms with E-state index in [4.69, 9.17) is 23.1 Å². The Bertz CT molecular complexity index is 370. The number of nitrogens with one attached hydrogen (secondary N) is 1. The molecule has 0 aliphatic carbocycles. The van der Waals surface area contributed by atoms with Crippen molar-refractivity contribution in [1.82, 2.24) is 5.43 Å². The molecule has 0 bridgehead atoms. The fraction of sp³-hybridized carbons (Fsp3) is 0.111. The Morgan fingerprint density at radius 1 is 1.33 bits per heavy atom. The third-order valence-corrected chi connectivity index (χ3v) is 1.84. The van der Waals surface area contributed by atoms with Gasteiger partial charge in [-0.05, 0) is 17.7 Å². The number of amides is 1. The van der Waals surface area contributed by atoms with Crippen LogP contribution in [-0.2, 0) is 11.2 Å². The van der Waals surface area contributed by atoms with Crippen LogP contribution in [0.2, 0.25) is 5.02 Å². The molecule has 0 unspecified atom stereocenters. The number of hydrogen-bond acceptors (Lipinski definition) is 2. The molecule has 15 heavy (non-hydrogen) atoms. The van der Waals surface area contributed by atoms with Crippen LogP contribution in [0.3, 0.4) is 0 Å². The molecular formula is C9H11ClN4O. The Morgan fingerprint density at radius 2 is 1.93 bits per heavy atom. The largest absolute Gasteiger partial charge is 0.369 e. The van der Waals surface area contributed by atoms with Gasteiger partial charge in [-0.15, -0.1) is 5.10 Å². The second kappa shape index (κ2) is 5.21. The van der Waals surface area contributed by atoms with E-state index in [9.17, 15) is 4.79 Å². The Balaban J connectivity index is 2.51. The molecule has 0 aliphatic rings. The highest BCUT2D eigenvalue weighted by molar-refractivity contribution is 6.30. The molecule has 0 aromatic heterocycles. The Morgan fingerprint density at radius 3 is 2.47 bits per heavy atom. The van der Waals surface area contributed by atoms with Gasteiger partial charge in [0, 0.05) is 5.02 Å². The van der Waals surface area contributed by atoms with Crippen molar-refractivity contribution < 1.29 is 4.79 Å². The second-order valence-electron chi connectivity index (χ2n) is 2.87. The number of hydrazone groups is 1. The van der Waals surface area contributed by atoms with Crippen LogP contribution in [-0.4, -0.2) is 11.9 Å². The molecule has 0 aliphatic heterocycles. The summed E-state index contributed by atoms with van der Waals surface area (Å²) in [7, 11) is 0. The topological polar surface area (TPSA) is 93.5 Å². The molecule has 80 valence electrons. The third kappa shape index (κ3) is 4.33. The summed E-state index contributed by atoms with van der Waals surface area (Å²) < 4.78 is 0. The summed E-state index contributed by atoms with van der Waals surface area (Å²) in [6.45, 7) is 0. The van der Waals surface area contributed by atoms with Gasteiger partial charge in [0.1, 0.15) is 0 Å². The van der Waals surface area contributed by atoms with Gasteiger partial charge in [-0.3, -0.25) is 4.79 Å². The molecule has 1 amide bonds. The predicted octanol–water partition coefficient (Wildman–Crippen LogP) is 0.187. The van der Waals surface area contributed by atoms with Crippen molar-refractivity contribution in [3.05, 3.63) is 34.9 Å². The van der Waals surface area contributed by atoms with Gasteiger partial charge >= 0.3 is 0 Å². The number of hydrogen-bond donors (Lipinski definition) is 3. The van der Waals surface area contributed by atoms with Crippen molar-refractivity contribution in [3.63, 3.8) is 0 Å². The van der Waals surface area contributed by atoms with Crippen molar-refractivity contribution >= 4 is 23.5 Å². The van der Waals surface area contributed by atoms with E-state index >= 15 is 0 Å². The van der Waals surface area contributed by atoms with Crippen molar-refractivity contribution in [1.29, 1.82) is 0 Å². The van der Waals surface area contributed by atoms with E-state index in [0.717, 1.165) is 5.56 Å². The Hall–Kier alpha value is -1.75. The molecule has 5 N–H and O–H groups in total. The first-order chi connectivity index (χ1) is 7.08. The number of guanidine groups is 1. The van der Waals surface area contributed by atoms with E-state index in [1.54, 1.807) is 24.3 Å². The SMILES string of the molecule is NC(N)=NNC(=O)Cc1ccc(Cl)cc1. The second-order valence-corrected chi connectivity index (χ2v) is 3.31. The molecule has 0 saturated heterocycles. The summed E-state index contributed by atoms with van der Waals surface area (Å²) in [5.41, 5.74) is 13.1. The highest BCUT2D eigenvalue weighted by atomic mass is 35.5. The maximum absolute atomic E-state index is 11.2. The quantitative estimate of drug-likeness (QED) is 0.390. The molecule has 1 rings (SSSR count). The van der Waals surface area contributed by atoms with Gasteiger partial charge in [0.05, 0.1) is 6.42 Å². The normalized spacial score (nSPS) is 9.40. The first-order valence-electron chi connectivity index (χ1n) is 4.20. The zero-order valence-corrected chi connectivity index (χ0v) is 8.66. The van der Waals surface area contributed by atoms with E-state index in [1.165, 1.54) is 0 Å². The lowest BCUT2D eigenvalue weighted by molar-refractivity contribution is -0.120. The zero-order chi connectivity index (χ0) is 11.3. The van der Waals surface area contributed by atoms with Gasteiger partial charge in [-0.1, -0.05) is 23.7 Å². The lowest BCUT2D eigenvalue weighted by Gasteiger charge is -2.00. The van der Waals surface area contributed by atoms with Gasteiger partial charge < -0.3 is 11.5 Å². The van der Waals surface area contributed by atoms with Gasteiger partial charge in [0.2, 0.25) is 11.9 Å². The molecule has 0 saturated carbocycles. The molecule has 0 radical (unpaired) electrons. The molecule has 1 aromatic carbocycles. The van der Waals surface area contributed by atoms with Crippen molar-refractivity contribution in [2.24, 2.45) is 16.6 Å². The molecule has 1 aromatic rings. The van der Waals surface area contributed by atoms with E-state index < -0.39 is 0 Å². The van der Waals surface area contributed by atoms with Crippen molar-refractivity contribution in [2.45, 2.75) is 6.42 Å². The van der Waals surface area contributed by atoms with Crippen molar-refractivity contribution in [2.75, 3.05) is 0 Å². The average molecular weight is 227 g/mol. The molecule has 0 spiro atoms. The Kier molecular flexibility index (Phi) is 3.93. The summed E-state index contributed by atoms with van der Waals surface area (Å²) in [6, 6.07) is 6.95. The highest BCUT2D eigenvalue weighted by Crippen LogP contribution is 2.09. The number of nitrogens with two attached hydrogens (primary N) is 2. The molecule has 6 heteroatoms. The van der Waals surface area contributed by atoms with Crippen LogP contribution in [0, 0.1) is 0 Å². The Labute approximate surface area is 92.1 Å². The molecular weight excluding hydrogens is 216 g/mol. The van der Waals surface area contributed by atoms with E-state index in [-0.39, 0.29) is 18.3 Å². The van der Waals surface area contributed by atoms with E-state index in [1.807, 2.05) is 0 Å². The number of benzene rings is 1. The maximum atomic E-state index is 11.2. The molecule has 0 atom stereocenters. The summed E-state index contributed by atoms with van der Waals surface area (Å²) >= 11 is 5.70. The van der Waals surface area contributed by atoms with Crippen LogP contribution >= 0.6 is 11.6 Å². The van der Waals surface area contributed by atoms with Crippen LogP contribution < -0.4 is 16.9 Å². The molecule has 0 fully saturated rings. The highest BCUT2D eigenvalue weighted by Gasteiger charge is 2.01. The van der Waals surface area contributed by atoms with Gasteiger partial charge in [-0.25, -0.2) is 5.43 Å². The first-order valence-corrected chi connectivity index (χ1v) is 4.57. The minimum atomic E-state index is -0.286. The fourth-order valence-electron chi connectivity index (χ4n) is 0.954. The minimum Gasteiger partial charge on any atom is -0.369 e. The smallest absolute Gasteiger partial charge is 0.244 e. The minimum absolute atomic E-state index is 0.181. The number of rotatable bonds is 3. The number of carbonyl (C=O) groups excluding carboxylic acids is 1. The van der Waals surface area contributed by atoms with E-state index in [2.05, 4.69) is 10.5 Å². The van der Waals surface area contributed by atoms with Gasteiger partial charge in [0.15, 0.2) is 0 Å². The molecule has 0 heterocycles. The molecule has 5 nitrogen and oxygen atoms in total. The van der Waals surface area contributed by atoms with Gasteiger partial charge in [-0.2, -0.15) is 0 Å².